The van der Waals surface area contributed by atoms with E-state index in [0.29, 0.717) is 12.4 Å². The summed E-state index contributed by atoms with van der Waals surface area (Å²) >= 11 is 1.49. The van der Waals surface area contributed by atoms with Crippen molar-refractivity contribution in [3.05, 3.63) is 41.8 Å². The number of anilines is 1. The average molecular weight is 360 g/mol. The molecule has 1 aromatic carbocycles. The summed E-state index contributed by atoms with van der Waals surface area (Å²) in [6.07, 6.45) is 1.74. The number of aromatic nitrogens is 2. The highest BCUT2D eigenvalue weighted by molar-refractivity contribution is 7.17. The van der Waals surface area contributed by atoms with Crippen molar-refractivity contribution in [1.29, 1.82) is 0 Å². The maximum Gasteiger partial charge on any atom is 0.221 e. The Morgan fingerprint density at radius 1 is 1.20 bits per heavy atom. The van der Waals surface area contributed by atoms with Crippen molar-refractivity contribution in [3.8, 4) is 11.1 Å². The number of thiophene rings is 1. The zero-order chi connectivity index (χ0) is 17.6. The Labute approximate surface area is 147 Å². The van der Waals surface area contributed by atoms with Crippen LogP contribution in [0.2, 0.25) is 0 Å². The van der Waals surface area contributed by atoms with E-state index in [1.807, 2.05) is 5.38 Å². The number of halogens is 1. The highest BCUT2D eigenvalue weighted by Gasteiger charge is 2.13. The van der Waals surface area contributed by atoms with Crippen molar-refractivity contribution in [3.63, 3.8) is 0 Å². The summed E-state index contributed by atoms with van der Waals surface area (Å²) in [6.45, 7) is 0.569. The first kappa shape index (κ1) is 17.2. The number of aliphatic hydroxyl groups is 1. The Bertz CT molecular complexity index is 867. The van der Waals surface area contributed by atoms with E-state index in [1.165, 1.54) is 29.8 Å². The van der Waals surface area contributed by atoms with Gasteiger partial charge in [0.1, 0.15) is 22.8 Å². The van der Waals surface area contributed by atoms with Crippen LogP contribution in [0, 0.1) is 5.82 Å². The lowest BCUT2D eigenvalue weighted by Gasteiger charge is -2.08. The molecule has 0 spiro atoms. The van der Waals surface area contributed by atoms with Gasteiger partial charge >= 0.3 is 0 Å². The van der Waals surface area contributed by atoms with Crippen molar-refractivity contribution >= 4 is 33.3 Å². The first-order valence-electron chi connectivity index (χ1n) is 7.78. The molecular formula is C17H17FN4O2S. The molecule has 0 saturated heterocycles. The van der Waals surface area contributed by atoms with Gasteiger partial charge in [-0.25, -0.2) is 14.4 Å². The molecule has 3 aromatic rings. The minimum atomic E-state index is -0.285. The Kier molecular flexibility index (Phi) is 5.52. The minimum Gasteiger partial charge on any atom is -0.395 e. The lowest BCUT2D eigenvalue weighted by molar-refractivity contribution is -0.120. The van der Waals surface area contributed by atoms with Crippen molar-refractivity contribution < 1.29 is 14.3 Å². The van der Waals surface area contributed by atoms with Crippen LogP contribution in [0.3, 0.4) is 0 Å². The number of carbonyl (C=O) groups is 1. The fraction of sp³-hybridized carbons (Fsp3) is 0.235. The third kappa shape index (κ3) is 4.09. The molecule has 6 nitrogen and oxygen atoms in total. The third-order valence-corrected chi connectivity index (χ3v) is 4.49. The number of nitrogens with zero attached hydrogens (tertiary/aromatic N) is 2. The summed E-state index contributed by atoms with van der Waals surface area (Å²) in [5, 5.41) is 17.3. The van der Waals surface area contributed by atoms with Gasteiger partial charge in [0, 0.05) is 30.5 Å². The van der Waals surface area contributed by atoms with Crippen LogP contribution in [0.15, 0.2) is 36.0 Å². The number of fused-ring (bicyclic) bond motifs is 1. The molecule has 1 amide bonds. The smallest absolute Gasteiger partial charge is 0.221 e. The van der Waals surface area contributed by atoms with Gasteiger partial charge in [0.15, 0.2) is 0 Å². The minimum absolute atomic E-state index is 0.0817. The normalized spacial score (nSPS) is 10.8. The molecule has 3 rings (SSSR count). The predicted octanol–water partition coefficient (Wildman–Crippen LogP) is 2.41. The van der Waals surface area contributed by atoms with Gasteiger partial charge < -0.3 is 15.7 Å². The second kappa shape index (κ2) is 8.00. The van der Waals surface area contributed by atoms with Crippen molar-refractivity contribution in [1.82, 2.24) is 15.3 Å². The number of rotatable bonds is 7. The summed E-state index contributed by atoms with van der Waals surface area (Å²) in [5.74, 6) is 0.211. The molecule has 0 radical (unpaired) electrons. The molecule has 0 unspecified atom stereocenters. The topological polar surface area (TPSA) is 87.1 Å². The molecule has 0 aliphatic carbocycles. The molecule has 2 aromatic heterocycles. The molecule has 0 aliphatic rings. The monoisotopic (exact) mass is 360 g/mol. The second-order valence-corrected chi connectivity index (χ2v) is 6.17. The van der Waals surface area contributed by atoms with Crippen LogP contribution >= 0.6 is 11.3 Å². The van der Waals surface area contributed by atoms with E-state index in [0.717, 1.165) is 21.3 Å². The summed E-state index contributed by atoms with van der Waals surface area (Å²) in [5.41, 5.74) is 1.80. The van der Waals surface area contributed by atoms with Gasteiger partial charge in [0.2, 0.25) is 5.91 Å². The Morgan fingerprint density at radius 2 is 2.00 bits per heavy atom. The fourth-order valence-electron chi connectivity index (χ4n) is 2.43. The highest BCUT2D eigenvalue weighted by Crippen LogP contribution is 2.36. The van der Waals surface area contributed by atoms with E-state index < -0.39 is 0 Å². The van der Waals surface area contributed by atoms with Crippen LogP contribution < -0.4 is 10.6 Å². The number of carbonyl (C=O) groups excluding carboxylic acids is 1. The van der Waals surface area contributed by atoms with Crippen LogP contribution in [-0.2, 0) is 4.79 Å². The molecular weight excluding hydrogens is 343 g/mol. The van der Waals surface area contributed by atoms with Crippen molar-refractivity contribution in [2.75, 3.05) is 25.0 Å². The SMILES string of the molecule is O=C(CCNc1ncnc2scc(-c3ccc(F)cc3)c12)NCCO. The van der Waals surface area contributed by atoms with Crippen LogP contribution in [-0.4, -0.2) is 40.7 Å². The first-order valence-corrected chi connectivity index (χ1v) is 8.66. The number of hydrogen-bond donors (Lipinski definition) is 3. The molecule has 0 bridgehead atoms. The van der Waals surface area contributed by atoms with Gasteiger partial charge in [-0.2, -0.15) is 0 Å². The second-order valence-electron chi connectivity index (χ2n) is 5.31. The molecule has 3 N–H and O–H groups in total. The van der Waals surface area contributed by atoms with Crippen LogP contribution in [0.5, 0.6) is 0 Å². The zero-order valence-corrected chi connectivity index (χ0v) is 14.1. The molecule has 0 fully saturated rings. The van der Waals surface area contributed by atoms with Gasteiger partial charge in [-0.3, -0.25) is 4.79 Å². The summed E-state index contributed by atoms with van der Waals surface area (Å²) in [6, 6.07) is 6.27. The predicted molar refractivity (Wildman–Crippen MR) is 96.0 cm³/mol. The van der Waals surface area contributed by atoms with Crippen LogP contribution in [0.4, 0.5) is 10.2 Å². The molecule has 25 heavy (non-hydrogen) atoms. The lowest BCUT2D eigenvalue weighted by atomic mass is 10.1. The number of nitrogens with one attached hydrogen (secondary N) is 2. The van der Waals surface area contributed by atoms with Crippen LogP contribution in [0.1, 0.15) is 6.42 Å². The van der Waals surface area contributed by atoms with Gasteiger partial charge in [0.25, 0.3) is 0 Å². The molecule has 130 valence electrons. The fourth-order valence-corrected chi connectivity index (χ4v) is 3.35. The van der Waals surface area contributed by atoms with E-state index in [9.17, 15) is 9.18 Å². The third-order valence-electron chi connectivity index (χ3n) is 3.60. The largest absolute Gasteiger partial charge is 0.395 e. The van der Waals surface area contributed by atoms with E-state index in [4.69, 9.17) is 5.11 Å². The van der Waals surface area contributed by atoms with Gasteiger partial charge in [-0.15, -0.1) is 11.3 Å². The molecule has 0 aliphatic heterocycles. The standard InChI is InChI=1S/C17H17FN4O2S/c18-12-3-1-11(2-4-12)13-9-25-17-15(13)16(21-10-22-17)20-6-5-14(24)19-7-8-23/h1-4,9-10,23H,5-8H2,(H,19,24)(H,20,21,22). The quantitative estimate of drug-likeness (QED) is 0.602. The van der Waals surface area contributed by atoms with Gasteiger partial charge in [0.05, 0.1) is 12.0 Å². The van der Waals surface area contributed by atoms with Crippen molar-refractivity contribution in [2.24, 2.45) is 0 Å². The Morgan fingerprint density at radius 3 is 2.76 bits per heavy atom. The summed E-state index contributed by atoms with van der Waals surface area (Å²) < 4.78 is 13.2. The number of benzene rings is 1. The van der Waals surface area contributed by atoms with Crippen LogP contribution in [0.25, 0.3) is 21.3 Å². The maximum atomic E-state index is 13.2. The molecule has 8 heteroatoms. The molecule has 0 saturated carbocycles. The zero-order valence-electron chi connectivity index (χ0n) is 13.3. The van der Waals surface area contributed by atoms with Gasteiger partial charge in [-0.05, 0) is 17.7 Å². The number of aliphatic hydroxyl groups excluding tert-OH is 1. The number of hydrogen-bond acceptors (Lipinski definition) is 6. The van der Waals surface area contributed by atoms with Gasteiger partial charge in [-0.1, -0.05) is 12.1 Å². The summed E-state index contributed by atoms with van der Waals surface area (Å²) in [4.78, 5) is 21.0. The van der Waals surface area contributed by atoms with E-state index in [2.05, 4.69) is 20.6 Å². The lowest BCUT2D eigenvalue weighted by Crippen LogP contribution is -2.28. The van der Waals surface area contributed by atoms with E-state index >= 15 is 0 Å². The highest BCUT2D eigenvalue weighted by atomic mass is 32.1. The Hall–Kier alpha value is -2.58. The first-order chi connectivity index (χ1) is 12.2. The maximum absolute atomic E-state index is 13.2. The average Bonchev–Trinajstić information content (AvgIpc) is 3.05. The molecule has 0 atom stereocenters. The van der Waals surface area contributed by atoms with E-state index in [-0.39, 0.29) is 31.3 Å². The molecule has 2 heterocycles. The number of amides is 1. The summed E-state index contributed by atoms with van der Waals surface area (Å²) in [7, 11) is 0. The Balaban J connectivity index is 1.80. The van der Waals surface area contributed by atoms with E-state index in [1.54, 1.807) is 12.1 Å². The van der Waals surface area contributed by atoms with Crippen molar-refractivity contribution in [2.45, 2.75) is 6.42 Å².